The van der Waals surface area contributed by atoms with E-state index in [-0.39, 0.29) is 5.91 Å². The molecule has 1 aliphatic rings. The Bertz CT molecular complexity index is 1290. The normalized spacial score (nSPS) is 14.6. The van der Waals surface area contributed by atoms with E-state index in [0.29, 0.717) is 37.7 Å². The SMILES string of the molecule is CCCCc1ccc(C(CC)C/C=C(\C)c2cnc(-c3ccc(CCC(=O)N4CC(C(=O)O)C4)cc3)nc2)cc1. The van der Waals surface area contributed by atoms with Crippen LogP contribution in [0.1, 0.15) is 81.0 Å². The van der Waals surface area contributed by atoms with Gasteiger partial charge in [-0.15, -0.1) is 0 Å². The summed E-state index contributed by atoms with van der Waals surface area (Å²) in [7, 11) is 0. The first-order chi connectivity index (χ1) is 19.4. The number of carboxylic acid groups (broad SMARTS) is 1. The maximum absolute atomic E-state index is 12.3. The average molecular weight is 540 g/mol. The number of nitrogens with zero attached hydrogens (tertiary/aromatic N) is 3. The lowest BCUT2D eigenvalue weighted by Gasteiger charge is -2.36. The molecule has 0 spiro atoms. The van der Waals surface area contributed by atoms with E-state index in [1.54, 1.807) is 4.90 Å². The maximum atomic E-state index is 12.3. The van der Waals surface area contributed by atoms with E-state index in [2.05, 4.69) is 61.1 Å². The largest absolute Gasteiger partial charge is 0.481 e. The standard InChI is InChI=1S/C34H41N3O3/c1-4-6-7-25-9-15-28(16-10-25)27(5-2)14-8-24(3)30-20-35-33(36-21-30)29-17-11-26(12-18-29)13-19-32(38)37-22-31(23-37)34(39)40/h8-12,15-18,20-21,27,31H,4-7,13-14,19,22-23H2,1-3H3,(H,39,40)/b24-8+. The smallest absolute Gasteiger partial charge is 0.310 e. The Morgan fingerprint density at radius 2 is 1.60 bits per heavy atom. The van der Waals surface area contributed by atoms with Crippen LogP contribution in [0.15, 0.2) is 67.0 Å². The molecule has 1 aromatic heterocycles. The lowest BCUT2D eigenvalue weighted by atomic mass is 9.91. The summed E-state index contributed by atoms with van der Waals surface area (Å²) in [5.41, 5.74) is 7.03. The number of hydrogen-bond acceptors (Lipinski definition) is 4. The number of unbranched alkanes of at least 4 members (excludes halogenated alkanes) is 1. The van der Waals surface area contributed by atoms with E-state index < -0.39 is 11.9 Å². The summed E-state index contributed by atoms with van der Waals surface area (Å²) in [5, 5.41) is 8.97. The molecule has 1 N–H and O–H groups in total. The van der Waals surface area contributed by atoms with Crippen molar-refractivity contribution in [2.24, 2.45) is 5.92 Å². The zero-order valence-electron chi connectivity index (χ0n) is 24.0. The molecule has 0 bridgehead atoms. The molecule has 1 saturated heterocycles. The fraction of sp³-hybridized carbons (Fsp3) is 0.412. The van der Waals surface area contributed by atoms with Gasteiger partial charge in [-0.2, -0.15) is 0 Å². The molecule has 1 amide bonds. The van der Waals surface area contributed by atoms with Crippen LogP contribution in [-0.4, -0.2) is 44.9 Å². The van der Waals surface area contributed by atoms with Crippen LogP contribution >= 0.6 is 0 Å². The average Bonchev–Trinajstić information content (AvgIpc) is 2.95. The molecule has 1 unspecified atom stereocenters. The number of hydrogen-bond donors (Lipinski definition) is 1. The Morgan fingerprint density at radius 1 is 0.975 bits per heavy atom. The number of benzene rings is 2. The number of allylic oxidation sites excluding steroid dienone is 2. The Morgan fingerprint density at radius 3 is 2.20 bits per heavy atom. The summed E-state index contributed by atoms with van der Waals surface area (Å²) in [6.07, 6.45) is 12.8. The fourth-order valence-corrected chi connectivity index (χ4v) is 5.06. The second-order valence-corrected chi connectivity index (χ2v) is 10.9. The van der Waals surface area contributed by atoms with E-state index in [9.17, 15) is 9.59 Å². The van der Waals surface area contributed by atoms with Crippen molar-refractivity contribution in [2.75, 3.05) is 13.1 Å². The number of aryl methyl sites for hydroxylation is 2. The zero-order valence-corrected chi connectivity index (χ0v) is 24.0. The highest BCUT2D eigenvalue weighted by molar-refractivity contribution is 5.81. The van der Waals surface area contributed by atoms with Crippen LogP contribution in [0.5, 0.6) is 0 Å². The van der Waals surface area contributed by atoms with E-state index in [1.165, 1.54) is 29.5 Å². The van der Waals surface area contributed by atoms with Crippen molar-refractivity contribution >= 4 is 17.4 Å². The molecule has 0 aliphatic carbocycles. The van der Waals surface area contributed by atoms with Crippen molar-refractivity contribution in [1.82, 2.24) is 14.9 Å². The molecular formula is C34H41N3O3. The highest BCUT2D eigenvalue weighted by atomic mass is 16.4. The topological polar surface area (TPSA) is 83.4 Å². The molecular weight excluding hydrogens is 498 g/mol. The van der Waals surface area contributed by atoms with Gasteiger partial charge in [-0.3, -0.25) is 9.59 Å². The molecule has 4 rings (SSSR count). The van der Waals surface area contributed by atoms with Crippen molar-refractivity contribution in [2.45, 2.75) is 71.6 Å². The van der Waals surface area contributed by atoms with Gasteiger partial charge < -0.3 is 10.0 Å². The molecule has 2 aromatic carbocycles. The van der Waals surface area contributed by atoms with Gasteiger partial charge in [0.15, 0.2) is 5.82 Å². The maximum Gasteiger partial charge on any atom is 0.310 e. The van der Waals surface area contributed by atoms with Crippen molar-refractivity contribution in [3.63, 3.8) is 0 Å². The van der Waals surface area contributed by atoms with E-state index in [0.717, 1.165) is 36.0 Å². The number of aromatic nitrogens is 2. The van der Waals surface area contributed by atoms with Crippen LogP contribution in [0.4, 0.5) is 0 Å². The summed E-state index contributed by atoms with van der Waals surface area (Å²) < 4.78 is 0. The Labute approximate surface area is 238 Å². The van der Waals surface area contributed by atoms with Gasteiger partial charge in [0, 0.05) is 43.0 Å². The molecule has 1 atom stereocenters. The van der Waals surface area contributed by atoms with Gasteiger partial charge in [0.25, 0.3) is 0 Å². The van der Waals surface area contributed by atoms with Gasteiger partial charge in [0.2, 0.25) is 5.91 Å². The molecule has 0 radical (unpaired) electrons. The minimum Gasteiger partial charge on any atom is -0.481 e. The number of carbonyl (C=O) groups excluding carboxylic acids is 1. The Balaban J connectivity index is 1.29. The van der Waals surface area contributed by atoms with Crippen molar-refractivity contribution < 1.29 is 14.7 Å². The van der Waals surface area contributed by atoms with Gasteiger partial charge in [0.1, 0.15) is 0 Å². The van der Waals surface area contributed by atoms with Gasteiger partial charge >= 0.3 is 5.97 Å². The summed E-state index contributed by atoms with van der Waals surface area (Å²) in [4.78, 5) is 34.0. The minimum absolute atomic E-state index is 0.00879. The number of rotatable bonds is 13. The summed E-state index contributed by atoms with van der Waals surface area (Å²) in [5.74, 6) is -0.0641. The second-order valence-electron chi connectivity index (χ2n) is 10.9. The highest BCUT2D eigenvalue weighted by Crippen LogP contribution is 2.27. The van der Waals surface area contributed by atoms with Gasteiger partial charge in [0.05, 0.1) is 5.92 Å². The highest BCUT2D eigenvalue weighted by Gasteiger charge is 2.35. The fourth-order valence-electron chi connectivity index (χ4n) is 5.06. The van der Waals surface area contributed by atoms with Gasteiger partial charge in [-0.05, 0) is 67.2 Å². The number of aliphatic carboxylic acids is 1. The summed E-state index contributed by atoms with van der Waals surface area (Å²) in [6.45, 7) is 7.25. The predicted molar refractivity (Wildman–Crippen MR) is 160 cm³/mol. The molecule has 210 valence electrons. The van der Waals surface area contributed by atoms with E-state index in [1.807, 2.05) is 36.7 Å². The molecule has 40 heavy (non-hydrogen) atoms. The molecule has 1 fully saturated rings. The van der Waals surface area contributed by atoms with E-state index in [4.69, 9.17) is 5.11 Å². The molecule has 6 nitrogen and oxygen atoms in total. The molecule has 1 aliphatic heterocycles. The van der Waals surface area contributed by atoms with E-state index >= 15 is 0 Å². The first-order valence-corrected chi connectivity index (χ1v) is 14.6. The quantitative estimate of drug-likeness (QED) is 0.254. The molecule has 3 aromatic rings. The van der Waals surface area contributed by atoms with Crippen molar-refractivity contribution in [3.05, 3.63) is 89.3 Å². The zero-order chi connectivity index (χ0) is 28.5. The predicted octanol–water partition coefficient (Wildman–Crippen LogP) is 6.95. The van der Waals surface area contributed by atoms with Crippen molar-refractivity contribution in [3.8, 4) is 11.4 Å². The minimum atomic E-state index is -0.828. The Kier molecular flexibility index (Phi) is 10.2. The number of carboxylic acids is 1. The van der Waals surface area contributed by atoms with Crippen molar-refractivity contribution in [1.29, 1.82) is 0 Å². The number of likely N-dealkylation sites (tertiary alicyclic amines) is 1. The van der Waals surface area contributed by atoms with Gasteiger partial charge in [-0.25, -0.2) is 9.97 Å². The summed E-state index contributed by atoms with van der Waals surface area (Å²) in [6, 6.07) is 17.1. The lowest BCUT2D eigenvalue weighted by molar-refractivity contribution is -0.152. The van der Waals surface area contributed by atoms with Crippen LogP contribution in [0.2, 0.25) is 0 Å². The molecule has 2 heterocycles. The van der Waals surface area contributed by atoms with Crippen LogP contribution in [0.3, 0.4) is 0 Å². The van der Waals surface area contributed by atoms with Crippen LogP contribution < -0.4 is 0 Å². The van der Waals surface area contributed by atoms with Crippen LogP contribution in [-0.2, 0) is 22.4 Å². The second kappa shape index (κ2) is 14.0. The molecule has 6 heteroatoms. The van der Waals surface area contributed by atoms with Gasteiger partial charge in [-0.1, -0.05) is 74.9 Å². The number of amides is 1. The van der Waals surface area contributed by atoms with Crippen LogP contribution in [0, 0.1) is 5.92 Å². The number of carbonyl (C=O) groups is 2. The first kappa shape index (κ1) is 29.2. The van der Waals surface area contributed by atoms with Crippen LogP contribution in [0.25, 0.3) is 17.0 Å². The third kappa shape index (κ3) is 7.65. The summed E-state index contributed by atoms with van der Waals surface area (Å²) >= 11 is 0. The first-order valence-electron chi connectivity index (χ1n) is 14.6. The third-order valence-corrected chi connectivity index (χ3v) is 8.00. The Hall–Kier alpha value is -3.80. The molecule has 0 saturated carbocycles. The third-order valence-electron chi connectivity index (χ3n) is 8.00. The monoisotopic (exact) mass is 539 g/mol. The lowest BCUT2D eigenvalue weighted by Crippen LogP contribution is -2.53.